The first kappa shape index (κ1) is 13.2. The lowest BCUT2D eigenvalue weighted by molar-refractivity contribution is -0.142. The maximum absolute atomic E-state index is 11.5. The van der Waals surface area contributed by atoms with E-state index >= 15 is 0 Å². The first-order valence-corrected chi connectivity index (χ1v) is 5.09. The molecule has 0 unspecified atom stereocenters. The molecule has 2 N–H and O–H groups in total. The number of ether oxygens (including phenoxy) is 2. The highest BCUT2D eigenvalue weighted by Crippen LogP contribution is 2.09. The van der Waals surface area contributed by atoms with Crippen LogP contribution in [-0.2, 0) is 16.6 Å². The molecule has 1 heterocycles. The molecule has 0 saturated heterocycles. The van der Waals surface area contributed by atoms with Gasteiger partial charge in [-0.05, 0) is 13.0 Å². The van der Waals surface area contributed by atoms with E-state index in [1.807, 2.05) is 0 Å². The summed E-state index contributed by atoms with van der Waals surface area (Å²) in [5, 5.41) is 0. The molecule has 6 heteroatoms. The predicted molar refractivity (Wildman–Crippen MR) is 61.9 cm³/mol. The van der Waals surface area contributed by atoms with Crippen molar-refractivity contribution in [2.75, 3.05) is 13.7 Å². The van der Waals surface area contributed by atoms with E-state index in [-0.39, 0.29) is 12.2 Å². The molecule has 1 aromatic rings. The van der Waals surface area contributed by atoms with Crippen LogP contribution in [0.2, 0.25) is 0 Å². The molecule has 0 aliphatic rings. The Morgan fingerprint density at radius 2 is 2.18 bits per heavy atom. The van der Waals surface area contributed by atoms with Crippen molar-refractivity contribution in [3.05, 3.63) is 28.2 Å². The van der Waals surface area contributed by atoms with Crippen LogP contribution in [0.4, 0.5) is 0 Å². The third-order valence-electron chi connectivity index (χ3n) is 2.41. The van der Waals surface area contributed by atoms with Gasteiger partial charge in [-0.15, -0.1) is 0 Å². The Kier molecular flexibility index (Phi) is 4.28. The predicted octanol–water partition coefficient (Wildman–Crippen LogP) is -0.427. The third-order valence-corrected chi connectivity index (χ3v) is 2.41. The van der Waals surface area contributed by atoms with E-state index in [4.69, 9.17) is 10.5 Å². The van der Waals surface area contributed by atoms with Gasteiger partial charge < -0.3 is 19.8 Å². The molecule has 0 aliphatic heterocycles. The number of nitrogens with zero attached hydrogens (tertiary/aromatic N) is 1. The largest absolute Gasteiger partial charge is 0.491 e. The summed E-state index contributed by atoms with van der Waals surface area (Å²) in [7, 11) is 2.92. The van der Waals surface area contributed by atoms with Gasteiger partial charge in [-0.1, -0.05) is 0 Å². The molecule has 0 bridgehead atoms. The Labute approximate surface area is 98.9 Å². The lowest BCUT2D eigenvalue weighted by Crippen LogP contribution is -2.37. The summed E-state index contributed by atoms with van der Waals surface area (Å²) in [6, 6.07) is 2.19. The Morgan fingerprint density at radius 1 is 1.53 bits per heavy atom. The lowest BCUT2D eigenvalue weighted by Gasteiger charge is -2.12. The Bertz CT molecular complexity index is 467. The summed E-state index contributed by atoms with van der Waals surface area (Å²) in [4.78, 5) is 22.5. The monoisotopic (exact) mass is 240 g/mol. The molecule has 0 radical (unpaired) electrons. The number of nitrogens with two attached hydrogens (primary N) is 1. The van der Waals surface area contributed by atoms with Gasteiger partial charge in [0.2, 0.25) is 0 Å². The average Bonchev–Trinajstić information content (AvgIpc) is 2.31. The Hall–Kier alpha value is -1.82. The van der Waals surface area contributed by atoms with Crippen LogP contribution in [0.5, 0.6) is 5.75 Å². The van der Waals surface area contributed by atoms with Crippen molar-refractivity contribution in [2.24, 2.45) is 12.8 Å². The van der Waals surface area contributed by atoms with Crippen LogP contribution < -0.4 is 16.0 Å². The number of hydrogen-bond donors (Lipinski definition) is 1. The van der Waals surface area contributed by atoms with Crippen LogP contribution in [0.3, 0.4) is 0 Å². The second kappa shape index (κ2) is 5.49. The topological polar surface area (TPSA) is 83.5 Å². The second-order valence-electron chi connectivity index (χ2n) is 3.67. The summed E-state index contributed by atoms with van der Waals surface area (Å²) >= 11 is 0. The average molecular weight is 240 g/mol. The minimum absolute atomic E-state index is 0.0285. The minimum atomic E-state index is -0.857. The van der Waals surface area contributed by atoms with Gasteiger partial charge in [0.1, 0.15) is 18.4 Å². The zero-order valence-electron chi connectivity index (χ0n) is 10.1. The fourth-order valence-electron chi connectivity index (χ4n) is 1.23. The molecule has 0 fully saturated rings. The number of methoxy groups -OCH3 is 1. The molecule has 0 aliphatic carbocycles. The summed E-state index contributed by atoms with van der Waals surface area (Å²) < 4.78 is 11.2. The molecule has 94 valence electrons. The van der Waals surface area contributed by atoms with Crippen molar-refractivity contribution < 1.29 is 14.3 Å². The van der Waals surface area contributed by atoms with E-state index in [9.17, 15) is 9.59 Å². The third kappa shape index (κ3) is 3.32. The quantitative estimate of drug-likeness (QED) is 0.722. The highest BCUT2D eigenvalue weighted by Gasteiger charge is 2.14. The molecule has 0 amide bonds. The van der Waals surface area contributed by atoms with Gasteiger partial charge in [0, 0.05) is 18.8 Å². The number of pyridine rings is 1. The number of rotatable bonds is 4. The number of aryl methyl sites for hydroxylation is 1. The molecule has 1 atom stereocenters. The van der Waals surface area contributed by atoms with Crippen molar-refractivity contribution in [1.29, 1.82) is 0 Å². The highest BCUT2D eigenvalue weighted by molar-refractivity contribution is 5.75. The number of carbonyl (C=O) groups is 1. The van der Waals surface area contributed by atoms with Gasteiger partial charge in [0.05, 0.1) is 7.11 Å². The molecule has 0 saturated carbocycles. The fraction of sp³-hybridized carbons (Fsp3) is 0.455. The van der Waals surface area contributed by atoms with E-state index in [0.29, 0.717) is 5.75 Å². The normalized spacial score (nSPS) is 12.0. The van der Waals surface area contributed by atoms with Crippen molar-refractivity contribution in [3.8, 4) is 5.75 Å². The van der Waals surface area contributed by atoms with Crippen LogP contribution in [0.15, 0.2) is 16.9 Å². The fourth-order valence-corrected chi connectivity index (χ4v) is 1.23. The standard InChI is InChI=1S/C11H16N2O4/c1-7-4-8(5-10(14)13(7)2)17-6-9(12)11(15)16-3/h4-5,9H,6,12H2,1-3H3/t9-/m1/s1. The molecule has 1 rings (SSSR count). The highest BCUT2D eigenvalue weighted by atomic mass is 16.5. The zero-order valence-corrected chi connectivity index (χ0v) is 10.1. The first-order chi connectivity index (χ1) is 7.95. The molecule has 0 spiro atoms. The summed E-state index contributed by atoms with van der Waals surface area (Å²) in [6.07, 6.45) is 0. The number of carbonyl (C=O) groups excluding carboxylic acids is 1. The van der Waals surface area contributed by atoms with Gasteiger partial charge in [0.25, 0.3) is 5.56 Å². The number of hydrogen-bond acceptors (Lipinski definition) is 5. The van der Waals surface area contributed by atoms with Crippen molar-refractivity contribution in [3.63, 3.8) is 0 Å². The molecule has 0 aromatic carbocycles. The molecule has 6 nitrogen and oxygen atoms in total. The Morgan fingerprint density at radius 3 is 2.71 bits per heavy atom. The van der Waals surface area contributed by atoms with Gasteiger partial charge in [0.15, 0.2) is 0 Å². The minimum Gasteiger partial charge on any atom is -0.491 e. The van der Waals surface area contributed by atoms with Crippen LogP contribution in [0, 0.1) is 6.92 Å². The van der Waals surface area contributed by atoms with E-state index in [1.54, 1.807) is 20.0 Å². The molecular weight excluding hydrogens is 224 g/mol. The number of esters is 1. The number of aromatic nitrogens is 1. The SMILES string of the molecule is COC(=O)[C@H](N)COc1cc(C)n(C)c(=O)c1. The van der Waals surface area contributed by atoms with Gasteiger partial charge >= 0.3 is 5.97 Å². The van der Waals surface area contributed by atoms with Crippen LogP contribution in [-0.4, -0.2) is 30.3 Å². The summed E-state index contributed by atoms with van der Waals surface area (Å²) in [6.45, 7) is 1.76. The second-order valence-corrected chi connectivity index (χ2v) is 3.67. The van der Waals surface area contributed by atoms with Crippen LogP contribution in [0.25, 0.3) is 0 Å². The van der Waals surface area contributed by atoms with E-state index in [0.717, 1.165) is 5.69 Å². The van der Waals surface area contributed by atoms with Gasteiger partial charge in [-0.2, -0.15) is 0 Å². The Balaban J connectivity index is 2.71. The van der Waals surface area contributed by atoms with E-state index in [1.165, 1.54) is 17.7 Å². The van der Waals surface area contributed by atoms with Gasteiger partial charge in [-0.3, -0.25) is 9.59 Å². The van der Waals surface area contributed by atoms with E-state index in [2.05, 4.69) is 4.74 Å². The van der Waals surface area contributed by atoms with Crippen molar-refractivity contribution in [2.45, 2.75) is 13.0 Å². The van der Waals surface area contributed by atoms with Crippen molar-refractivity contribution in [1.82, 2.24) is 4.57 Å². The molecule has 17 heavy (non-hydrogen) atoms. The maximum Gasteiger partial charge on any atom is 0.326 e. The summed E-state index contributed by atoms with van der Waals surface area (Å²) in [5.41, 5.74) is 6.09. The van der Waals surface area contributed by atoms with Crippen LogP contribution in [0.1, 0.15) is 5.69 Å². The lowest BCUT2D eigenvalue weighted by atomic mass is 10.3. The van der Waals surface area contributed by atoms with Gasteiger partial charge in [-0.25, -0.2) is 0 Å². The molecule has 1 aromatic heterocycles. The summed E-state index contributed by atoms with van der Waals surface area (Å²) in [5.74, 6) is -0.157. The van der Waals surface area contributed by atoms with Crippen molar-refractivity contribution >= 4 is 5.97 Å². The first-order valence-electron chi connectivity index (χ1n) is 5.09. The maximum atomic E-state index is 11.5. The van der Waals surface area contributed by atoms with E-state index < -0.39 is 12.0 Å². The van der Waals surface area contributed by atoms with Crippen LogP contribution >= 0.6 is 0 Å². The smallest absolute Gasteiger partial charge is 0.326 e. The molecular formula is C11H16N2O4. The zero-order chi connectivity index (χ0) is 13.0.